The van der Waals surface area contributed by atoms with Gasteiger partial charge in [0.15, 0.2) is 0 Å². The Kier molecular flexibility index (Phi) is 6.07. The van der Waals surface area contributed by atoms with Crippen LogP contribution in [0, 0.1) is 0 Å². The van der Waals surface area contributed by atoms with Crippen LogP contribution in [0.3, 0.4) is 0 Å². The van der Waals surface area contributed by atoms with Gasteiger partial charge in [-0.1, -0.05) is 58.0 Å². The van der Waals surface area contributed by atoms with E-state index in [2.05, 4.69) is 10.6 Å². The van der Waals surface area contributed by atoms with Crippen molar-refractivity contribution in [1.82, 2.24) is 0 Å². The Bertz CT molecular complexity index is 721. The van der Waals surface area contributed by atoms with E-state index in [1.807, 2.05) is 0 Å². The van der Waals surface area contributed by atoms with Gasteiger partial charge in [0.05, 0.1) is 38.0 Å². The van der Waals surface area contributed by atoms with Gasteiger partial charge in [-0.05, 0) is 30.3 Å². The van der Waals surface area contributed by atoms with Gasteiger partial charge in [-0.2, -0.15) is 0 Å². The molecule has 0 aliphatic carbocycles. The number of hydrogen-bond acceptors (Lipinski definition) is 2. The molecule has 3 nitrogen and oxygen atoms in total. The fraction of sp³-hybridized carbons (Fsp3) is 0.0714. The fourth-order valence-electron chi connectivity index (χ4n) is 1.62. The molecule has 0 heterocycles. The lowest BCUT2D eigenvalue weighted by Crippen LogP contribution is -2.22. The normalized spacial score (nSPS) is 10.4. The molecule has 0 bridgehead atoms. The van der Waals surface area contributed by atoms with E-state index in [-0.39, 0.29) is 12.5 Å². The molecule has 0 radical (unpaired) electrons. The zero-order valence-corrected chi connectivity index (χ0v) is 14.7. The molecular weight excluding hydrogens is 389 g/mol. The first-order chi connectivity index (χ1) is 10.4. The lowest BCUT2D eigenvalue weighted by Gasteiger charge is -2.11. The molecule has 0 fully saturated rings. The number of carbonyl (C=O) groups is 1. The monoisotopic (exact) mass is 396 g/mol. The smallest absolute Gasteiger partial charge is 0.243 e. The van der Waals surface area contributed by atoms with Gasteiger partial charge >= 0.3 is 0 Å². The molecule has 2 aromatic carbocycles. The molecule has 0 spiro atoms. The van der Waals surface area contributed by atoms with Gasteiger partial charge in [-0.15, -0.1) is 0 Å². The Morgan fingerprint density at radius 3 is 2.14 bits per heavy atom. The number of nitrogens with one attached hydrogen (secondary N) is 2. The number of rotatable bonds is 4. The van der Waals surface area contributed by atoms with Crippen LogP contribution in [0.15, 0.2) is 30.3 Å². The van der Waals surface area contributed by atoms with Gasteiger partial charge in [-0.25, -0.2) is 0 Å². The summed E-state index contributed by atoms with van der Waals surface area (Å²) in [7, 11) is 0. The van der Waals surface area contributed by atoms with E-state index in [9.17, 15) is 4.79 Å². The maximum absolute atomic E-state index is 11.9. The topological polar surface area (TPSA) is 41.1 Å². The first kappa shape index (κ1) is 17.5. The molecule has 2 rings (SSSR count). The van der Waals surface area contributed by atoms with E-state index in [1.165, 1.54) is 6.07 Å². The van der Waals surface area contributed by atoms with Gasteiger partial charge in [0.2, 0.25) is 5.91 Å². The number of amides is 1. The summed E-state index contributed by atoms with van der Waals surface area (Å²) in [5, 5.41) is 7.43. The molecule has 22 heavy (non-hydrogen) atoms. The molecule has 0 atom stereocenters. The molecular formula is C14H9Cl5N2O. The predicted molar refractivity (Wildman–Crippen MR) is 95.1 cm³/mol. The number of hydrogen-bond donors (Lipinski definition) is 2. The molecule has 1 amide bonds. The van der Waals surface area contributed by atoms with Crippen molar-refractivity contribution in [2.75, 3.05) is 17.2 Å². The molecule has 0 aliphatic rings. The summed E-state index contributed by atoms with van der Waals surface area (Å²) in [5.74, 6) is -0.300. The molecule has 8 heteroatoms. The molecule has 0 aliphatic heterocycles. The average Bonchev–Trinajstić information content (AvgIpc) is 2.44. The fourth-order valence-corrected chi connectivity index (χ4v) is 2.69. The lowest BCUT2D eigenvalue weighted by molar-refractivity contribution is -0.114. The van der Waals surface area contributed by atoms with Crippen molar-refractivity contribution < 1.29 is 4.79 Å². The summed E-state index contributed by atoms with van der Waals surface area (Å²) in [6, 6.07) is 7.85. The Hall–Kier alpha value is -0.840. The minimum Gasteiger partial charge on any atom is -0.375 e. The Balaban J connectivity index is 2.00. The van der Waals surface area contributed by atoms with Crippen molar-refractivity contribution >= 4 is 75.3 Å². The van der Waals surface area contributed by atoms with Gasteiger partial charge in [0.25, 0.3) is 0 Å². The van der Waals surface area contributed by atoms with Crippen LogP contribution >= 0.6 is 58.0 Å². The first-order valence-corrected chi connectivity index (χ1v) is 7.89. The van der Waals surface area contributed by atoms with Crippen LogP contribution in [0.25, 0.3) is 0 Å². The zero-order chi connectivity index (χ0) is 16.3. The van der Waals surface area contributed by atoms with Crippen molar-refractivity contribution in [2.24, 2.45) is 0 Å². The third kappa shape index (κ3) is 4.58. The van der Waals surface area contributed by atoms with Crippen molar-refractivity contribution in [2.45, 2.75) is 0 Å². The van der Waals surface area contributed by atoms with Crippen LogP contribution in [-0.2, 0) is 4.79 Å². The number of carbonyl (C=O) groups excluding carboxylic acids is 1. The van der Waals surface area contributed by atoms with Gasteiger partial charge < -0.3 is 10.6 Å². The summed E-state index contributed by atoms with van der Waals surface area (Å²) in [6.45, 7) is -0.0172. The quantitative estimate of drug-likeness (QED) is 0.620. The maximum Gasteiger partial charge on any atom is 0.243 e. The lowest BCUT2D eigenvalue weighted by atomic mass is 10.3. The summed E-state index contributed by atoms with van der Waals surface area (Å²) >= 11 is 29.5. The molecule has 0 aromatic heterocycles. The summed E-state index contributed by atoms with van der Waals surface area (Å²) in [4.78, 5) is 11.9. The van der Waals surface area contributed by atoms with E-state index in [0.717, 1.165) is 0 Å². The van der Waals surface area contributed by atoms with Crippen LogP contribution in [0.4, 0.5) is 11.4 Å². The molecule has 2 N–H and O–H groups in total. The minimum absolute atomic E-state index is 0.0172. The molecule has 0 saturated heterocycles. The van der Waals surface area contributed by atoms with E-state index in [1.54, 1.807) is 24.3 Å². The third-order valence-electron chi connectivity index (χ3n) is 2.65. The van der Waals surface area contributed by atoms with Gasteiger partial charge in [0, 0.05) is 5.02 Å². The Labute approximate surface area is 152 Å². The van der Waals surface area contributed by atoms with Gasteiger partial charge in [-0.3, -0.25) is 4.79 Å². The second kappa shape index (κ2) is 7.62. The summed E-state index contributed by atoms with van der Waals surface area (Å²) in [6.07, 6.45) is 0. The molecule has 0 saturated carbocycles. The highest BCUT2D eigenvalue weighted by Crippen LogP contribution is 2.32. The van der Waals surface area contributed by atoms with Gasteiger partial charge in [0.1, 0.15) is 0 Å². The Morgan fingerprint density at radius 1 is 0.818 bits per heavy atom. The molecule has 0 unspecified atom stereocenters. The minimum atomic E-state index is -0.300. The SMILES string of the molecule is O=C(CNc1cc(Cl)c(Cl)cc1Cl)Nc1ccc(Cl)cc1Cl. The maximum atomic E-state index is 11.9. The third-order valence-corrected chi connectivity index (χ3v) is 4.24. The zero-order valence-electron chi connectivity index (χ0n) is 10.9. The second-order valence-electron chi connectivity index (χ2n) is 4.27. The summed E-state index contributed by atoms with van der Waals surface area (Å²) < 4.78 is 0. The van der Waals surface area contributed by atoms with Crippen LogP contribution in [0.1, 0.15) is 0 Å². The van der Waals surface area contributed by atoms with Crippen molar-refractivity contribution in [1.29, 1.82) is 0 Å². The summed E-state index contributed by atoms with van der Waals surface area (Å²) in [5.41, 5.74) is 0.978. The number of benzene rings is 2. The van der Waals surface area contributed by atoms with Crippen molar-refractivity contribution in [3.63, 3.8) is 0 Å². The molecule has 116 valence electrons. The second-order valence-corrected chi connectivity index (χ2v) is 6.34. The number of anilines is 2. The van der Waals surface area contributed by atoms with Crippen LogP contribution in [-0.4, -0.2) is 12.5 Å². The van der Waals surface area contributed by atoms with Crippen LogP contribution in [0.5, 0.6) is 0 Å². The van der Waals surface area contributed by atoms with E-state index in [4.69, 9.17) is 58.0 Å². The van der Waals surface area contributed by atoms with Crippen molar-refractivity contribution in [3.05, 3.63) is 55.4 Å². The van der Waals surface area contributed by atoms with E-state index in [0.29, 0.717) is 36.5 Å². The average molecular weight is 399 g/mol. The van der Waals surface area contributed by atoms with Crippen LogP contribution in [0.2, 0.25) is 25.1 Å². The Morgan fingerprint density at radius 2 is 1.45 bits per heavy atom. The standard InChI is InChI=1S/C14H9Cl5N2O/c15-7-1-2-12(10(18)3-7)21-14(22)6-20-13-5-9(17)8(16)4-11(13)19/h1-5,20H,6H2,(H,21,22). The largest absolute Gasteiger partial charge is 0.375 e. The number of halogens is 5. The molecule has 2 aromatic rings. The van der Waals surface area contributed by atoms with E-state index < -0.39 is 0 Å². The van der Waals surface area contributed by atoms with Crippen molar-refractivity contribution in [3.8, 4) is 0 Å². The first-order valence-electron chi connectivity index (χ1n) is 6.00. The highest BCUT2D eigenvalue weighted by Gasteiger charge is 2.09. The van der Waals surface area contributed by atoms with Crippen LogP contribution < -0.4 is 10.6 Å². The van der Waals surface area contributed by atoms with E-state index >= 15 is 0 Å². The highest BCUT2D eigenvalue weighted by molar-refractivity contribution is 6.44. The highest BCUT2D eigenvalue weighted by atomic mass is 35.5. The predicted octanol–water partition coefficient (Wildman–Crippen LogP) is 6.00.